The second kappa shape index (κ2) is 7.11. The van der Waals surface area contributed by atoms with Crippen LogP contribution in [0.2, 0.25) is 0 Å². The molecule has 0 spiro atoms. The summed E-state index contributed by atoms with van der Waals surface area (Å²) >= 11 is 1.73. The summed E-state index contributed by atoms with van der Waals surface area (Å²) in [6, 6.07) is 4.45. The van der Waals surface area contributed by atoms with Crippen LogP contribution in [0, 0.1) is 11.8 Å². The Morgan fingerprint density at radius 1 is 1.43 bits per heavy atom. The van der Waals surface area contributed by atoms with Gasteiger partial charge in [-0.2, -0.15) is 13.2 Å². The van der Waals surface area contributed by atoms with Gasteiger partial charge in [-0.05, 0) is 42.8 Å². The van der Waals surface area contributed by atoms with E-state index in [4.69, 9.17) is 0 Å². The van der Waals surface area contributed by atoms with Crippen molar-refractivity contribution < 1.29 is 13.2 Å². The van der Waals surface area contributed by atoms with Crippen LogP contribution in [-0.4, -0.2) is 37.3 Å². The van der Waals surface area contributed by atoms with Crippen molar-refractivity contribution in [1.29, 1.82) is 0 Å². The molecule has 2 heterocycles. The van der Waals surface area contributed by atoms with Crippen LogP contribution >= 0.6 is 11.3 Å². The smallest absolute Gasteiger partial charge is 0.309 e. The molecule has 2 nitrogen and oxygen atoms in total. The molecule has 6 heteroatoms. The molecule has 2 rings (SSSR count). The van der Waals surface area contributed by atoms with E-state index in [1.165, 1.54) is 9.78 Å². The average molecular weight is 320 g/mol. The second-order valence-corrected chi connectivity index (χ2v) is 7.13. The summed E-state index contributed by atoms with van der Waals surface area (Å²) in [5.74, 6) is 0.782. The van der Waals surface area contributed by atoms with Crippen LogP contribution in [0.4, 0.5) is 13.2 Å². The predicted octanol–water partition coefficient (Wildman–Crippen LogP) is 3.92. The molecule has 1 aromatic heterocycles. The molecule has 0 bridgehead atoms. The molecule has 2 atom stereocenters. The molecule has 0 aromatic carbocycles. The fourth-order valence-electron chi connectivity index (χ4n) is 2.90. The SMILES string of the molecule is CC(C)C(NCC1CCN(CC(F)(F)F)C1)c1cccs1. The van der Waals surface area contributed by atoms with Gasteiger partial charge in [-0.1, -0.05) is 19.9 Å². The maximum Gasteiger partial charge on any atom is 0.401 e. The van der Waals surface area contributed by atoms with Gasteiger partial charge in [-0.3, -0.25) is 4.90 Å². The third-order valence-electron chi connectivity index (χ3n) is 3.92. The van der Waals surface area contributed by atoms with Gasteiger partial charge in [0.05, 0.1) is 6.54 Å². The Bertz CT molecular complexity index is 417. The zero-order valence-corrected chi connectivity index (χ0v) is 13.3. The molecule has 1 aromatic rings. The quantitative estimate of drug-likeness (QED) is 0.854. The first-order chi connectivity index (χ1) is 9.85. The van der Waals surface area contributed by atoms with E-state index in [0.717, 1.165) is 13.0 Å². The molecule has 1 fully saturated rings. The van der Waals surface area contributed by atoms with Gasteiger partial charge in [-0.15, -0.1) is 11.3 Å². The Labute approximate surface area is 128 Å². The highest BCUT2D eigenvalue weighted by Gasteiger charge is 2.34. The first-order valence-electron chi connectivity index (χ1n) is 7.41. The molecule has 1 saturated heterocycles. The highest BCUT2D eigenvalue weighted by atomic mass is 32.1. The Balaban J connectivity index is 1.80. The third kappa shape index (κ3) is 5.27. The van der Waals surface area contributed by atoms with Gasteiger partial charge >= 0.3 is 6.18 Å². The Kier molecular flexibility index (Phi) is 5.68. The lowest BCUT2D eigenvalue weighted by molar-refractivity contribution is -0.143. The zero-order valence-electron chi connectivity index (χ0n) is 12.5. The summed E-state index contributed by atoms with van der Waals surface area (Å²) in [7, 11) is 0. The van der Waals surface area contributed by atoms with E-state index in [0.29, 0.717) is 31.0 Å². The van der Waals surface area contributed by atoms with Gasteiger partial charge < -0.3 is 5.32 Å². The van der Waals surface area contributed by atoms with Gasteiger partial charge in [0.25, 0.3) is 0 Å². The number of nitrogens with one attached hydrogen (secondary N) is 1. The molecule has 0 aliphatic carbocycles. The maximum absolute atomic E-state index is 12.4. The predicted molar refractivity (Wildman–Crippen MR) is 80.5 cm³/mol. The third-order valence-corrected chi connectivity index (χ3v) is 4.87. The Morgan fingerprint density at radius 3 is 2.76 bits per heavy atom. The molecule has 1 N–H and O–H groups in total. The van der Waals surface area contributed by atoms with E-state index in [9.17, 15) is 13.2 Å². The summed E-state index contributed by atoms with van der Waals surface area (Å²) in [5, 5.41) is 5.61. The maximum atomic E-state index is 12.4. The monoisotopic (exact) mass is 320 g/mol. The van der Waals surface area contributed by atoms with E-state index >= 15 is 0 Å². The molecule has 1 aliphatic rings. The van der Waals surface area contributed by atoms with Crippen molar-refractivity contribution in [1.82, 2.24) is 10.2 Å². The topological polar surface area (TPSA) is 15.3 Å². The summed E-state index contributed by atoms with van der Waals surface area (Å²) in [5.41, 5.74) is 0. The van der Waals surface area contributed by atoms with E-state index in [1.54, 1.807) is 11.3 Å². The molecule has 1 aliphatic heterocycles. The summed E-state index contributed by atoms with van der Waals surface area (Å²) in [4.78, 5) is 2.82. The van der Waals surface area contributed by atoms with Crippen molar-refractivity contribution >= 4 is 11.3 Å². The van der Waals surface area contributed by atoms with Crippen molar-refractivity contribution in [3.05, 3.63) is 22.4 Å². The van der Waals surface area contributed by atoms with E-state index < -0.39 is 12.7 Å². The van der Waals surface area contributed by atoms with Crippen LogP contribution in [0.1, 0.15) is 31.2 Å². The molecule has 0 radical (unpaired) electrons. The summed E-state index contributed by atoms with van der Waals surface area (Å²) in [6.07, 6.45) is -3.24. The lowest BCUT2D eigenvalue weighted by atomic mass is 10.0. The second-order valence-electron chi connectivity index (χ2n) is 6.15. The highest BCUT2D eigenvalue weighted by Crippen LogP contribution is 2.27. The number of rotatable bonds is 6. The number of nitrogens with zero attached hydrogens (tertiary/aromatic N) is 1. The number of hydrogen-bond donors (Lipinski definition) is 1. The summed E-state index contributed by atoms with van der Waals surface area (Å²) < 4.78 is 37.2. The first-order valence-corrected chi connectivity index (χ1v) is 8.29. The van der Waals surface area contributed by atoms with Crippen LogP contribution in [0.25, 0.3) is 0 Å². The minimum Gasteiger partial charge on any atom is -0.309 e. The fourth-order valence-corrected chi connectivity index (χ4v) is 3.88. The number of alkyl halides is 3. The minimum atomic E-state index is -4.08. The van der Waals surface area contributed by atoms with Gasteiger partial charge in [0.2, 0.25) is 0 Å². The van der Waals surface area contributed by atoms with Crippen molar-refractivity contribution in [3.8, 4) is 0 Å². The number of hydrogen-bond acceptors (Lipinski definition) is 3. The van der Waals surface area contributed by atoms with Gasteiger partial charge in [0, 0.05) is 17.5 Å². The summed E-state index contributed by atoms with van der Waals surface area (Å²) in [6.45, 7) is 5.44. The van der Waals surface area contributed by atoms with Crippen LogP contribution in [0.3, 0.4) is 0 Å². The normalized spacial score (nSPS) is 22.1. The first kappa shape index (κ1) is 16.8. The molecule has 0 amide bonds. The van der Waals surface area contributed by atoms with Crippen LogP contribution in [0.5, 0.6) is 0 Å². The van der Waals surface area contributed by atoms with Crippen molar-refractivity contribution in [2.24, 2.45) is 11.8 Å². The Morgan fingerprint density at radius 2 is 2.19 bits per heavy atom. The highest BCUT2D eigenvalue weighted by molar-refractivity contribution is 7.10. The number of halogens is 3. The molecular formula is C15H23F3N2S. The van der Waals surface area contributed by atoms with Crippen molar-refractivity contribution in [2.75, 3.05) is 26.2 Å². The van der Waals surface area contributed by atoms with E-state index in [-0.39, 0.29) is 0 Å². The van der Waals surface area contributed by atoms with Crippen molar-refractivity contribution in [2.45, 2.75) is 32.5 Å². The molecule has 120 valence electrons. The minimum absolute atomic E-state index is 0.293. The largest absolute Gasteiger partial charge is 0.401 e. The molecular weight excluding hydrogens is 297 g/mol. The van der Waals surface area contributed by atoms with Gasteiger partial charge in [0.15, 0.2) is 0 Å². The lowest BCUT2D eigenvalue weighted by Crippen LogP contribution is -2.34. The van der Waals surface area contributed by atoms with E-state index in [2.05, 4.69) is 30.6 Å². The number of thiophene rings is 1. The Hall–Kier alpha value is -0.590. The number of likely N-dealkylation sites (tertiary alicyclic amines) is 1. The van der Waals surface area contributed by atoms with E-state index in [1.807, 2.05) is 6.07 Å². The average Bonchev–Trinajstić information content (AvgIpc) is 2.99. The van der Waals surface area contributed by atoms with Crippen molar-refractivity contribution in [3.63, 3.8) is 0 Å². The van der Waals surface area contributed by atoms with Crippen LogP contribution in [-0.2, 0) is 0 Å². The molecule has 2 unspecified atom stereocenters. The zero-order chi connectivity index (χ0) is 15.5. The standard InChI is InChI=1S/C15H23F3N2S/c1-11(2)14(13-4-3-7-21-13)19-8-12-5-6-20(9-12)10-15(16,17)18/h3-4,7,11-12,14,19H,5-6,8-10H2,1-2H3. The van der Waals surface area contributed by atoms with Crippen LogP contribution < -0.4 is 5.32 Å². The molecule has 0 saturated carbocycles. The fraction of sp³-hybridized carbons (Fsp3) is 0.733. The molecule has 21 heavy (non-hydrogen) atoms. The van der Waals surface area contributed by atoms with Gasteiger partial charge in [-0.25, -0.2) is 0 Å². The van der Waals surface area contributed by atoms with Crippen LogP contribution in [0.15, 0.2) is 17.5 Å². The lowest BCUT2D eigenvalue weighted by Gasteiger charge is -2.23. The van der Waals surface area contributed by atoms with Gasteiger partial charge in [0.1, 0.15) is 0 Å².